The van der Waals surface area contributed by atoms with E-state index in [9.17, 15) is 21.6 Å². The number of hydrogen-bond donors (Lipinski definition) is 0. The van der Waals surface area contributed by atoms with Gasteiger partial charge in [0, 0.05) is 24.9 Å². The van der Waals surface area contributed by atoms with Crippen molar-refractivity contribution in [2.24, 2.45) is 5.92 Å². The Bertz CT molecular complexity index is 1490. The average Bonchev–Trinajstić information content (AvgIpc) is 2.88. The number of ketones is 1. The van der Waals surface area contributed by atoms with Gasteiger partial charge in [-0.05, 0) is 36.6 Å². The SMILES string of the molecule is Cc1ccc(S(=O)(=O)N2C(c3ccccc3)CC(=O)[C@@H]3CN(S(C)(=O)=O)C(c4ccccc4)CC32)cc1. The normalized spacial score (nSPS) is 25.5. The van der Waals surface area contributed by atoms with Gasteiger partial charge >= 0.3 is 0 Å². The van der Waals surface area contributed by atoms with Crippen molar-refractivity contribution < 1.29 is 21.6 Å². The van der Waals surface area contributed by atoms with Crippen LogP contribution in [0.25, 0.3) is 0 Å². The minimum Gasteiger partial charge on any atom is -0.299 e. The summed E-state index contributed by atoms with van der Waals surface area (Å²) in [5.74, 6) is -0.871. The molecule has 9 heteroatoms. The van der Waals surface area contributed by atoms with E-state index in [1.54, 1.807) is 24.3 Å². The maximum Gasteiger partial charge on any atom is 0.243 e. The highest BCUT2D eigenvalue weighted by atomic mass is 32.2. The first-order valence-electron chi connectivity index (χ1n) is 12.3. The van der Waals surface area contributed by atoms with Gasteiger partial charge < -0.3 is 0 Å². The molecule has 0 bridgehead atoms. The van der Waals surface area contributed by atoms with E-state index in [0.717, 1.165) is 22.9 Å². The molecule has 2 fully saturated rings. The zero-order valence-electron chi connectivity index (χ0n) is 20.8. The van der Waals surface area contributed by atoms with Crippen LogP contribution < -0.4 is 0 Å². The fourth-order valence-electron chi connectivity index (χ4n) is 5.68. The summed E-state index contributed by atoms with van der Waals surface area (Å²) in [4.78, 5) is 13.7. The van der Waals surface area contributed by atoms with E-state index in [4.69, 9.17) is 0 Å². The van der Waals surface area contributed by atoms with Crippen LogP contribution in [-0.4, -0.2) is 50.1 Å². The zero-order chi connectivity index (χ0) is 26.4. The number of Topliss-reactive ketones (excluding diaryl/α,β-unsaturated/α-hetero) is 1. The quantitative estimate of drug-likeness (QED) is 0.488. The van der Waals surface area contributed by atoms with Gasteiger partial charge in [-0.1, -0.05) is 78.4 Å². The topological polar surface area (TPSA) is 91.8 Å². The second-order valence-electron chi connectivity index (χ2n) is 9.91. The summed E-state index contributed by atoms with van der Waals surface area (Å²) >= 11 is 0. The van der Waals surface area contributed by atoms with E-state index in [0.29, 0.717) is 0 Å². The molecule has 4 atom stereocenters. The molecule has 5 rings (SSSR count). The number of rotatable bonds is 5. The number of benzene rings is 3. The molecular weight excluding hydrogens is 508 g/mol. The van der Waals surface area contributed by atoms with Crippen molar-refractivity contribution in [3.05, 3.63) is 102 Å². The van der Waals surface area contributed by atoms with Crippen molar-refractivity contribution >= 4 is 25.8 Å². The number of nitrogens with zero attached hydrogens (tertiary/aromatic N) is 2. The molecule has 0 amide bonds. The van der Waals surface area contributed by atoms with Gasteiger partial charge in [0.25, 0.3) is 0 Å². The van der Waals surface area contributed by atoms with Crippen LogP contribution in [0.4, 0.5) is 0 Å². The lowest BCUT2D eigenvalue weighted by Crippen LogP contribution is -2.60. The average molecular weight is 539 g/mol. The van der Waals surface area contributed by atoms with Crippen LogP contribution in [0.3, 0.4) is 0 Å². The third-order valence-electron chi connectivity index (χ3n) is 7.49. The molecule has 2 aliphatic heterocycles. The number of sulfonamides is 2. The van der Waals surface area contributed by atoms with Gasteiger partial charge in [0.1, 0.15) is 5.78 Å². The maximum atomic E-state index is 14.2. The minimum atomic E-state index is -4.02. The van der Waals surface area contributed by atoms with E-state index in [1.807, 2.05) is 67.6 Å². The van der Waals surface area contributed by atoms with Crippen molar-refractivity contribution in [2.75, 3.05) is 12.8 Å². The predicted molar refractivity (Wildman–Crippen MR) is 142 cm³/mol. The third kappa shape index (κ3) is 4.88. The summed E-state index contributed by atoms with van der Waals surface area (Å²) in [6.45, 7) is 1.84. The Morgan fingerprint density at radius 2 is 1.30 bits per heavy atom. The molecule has 0 N–H and O–H groups in total. The first-order valence-corrected chi connectivity index (χ1v) is 15.6. The van der Waals surface area contributed by atoms with Gasteiger partial charge in [-0.15, -0.1) is 0 Å². The molecule has 2 aliphatic rings. The summed E-state index contributed by atoms with van der Waals surface area (Å²) < 4.78 is 57.1. The molecular formula is C28H30N2O5S2. The smallest absolute Gasteiger partial charge is 0.243 e. The number of hydrogen-bond acceptors (Lipinski definition) is 5. The van der Waals surface area contributed by atoms with E-state index in [-0.39, 0.29) is 30.1 Å². The summed E-state index contributed by atoms with van der Waals surface area (Å²) in [7, 11) is -7.67. The van der Waals surface area contributed by atoms with Gasteiger partial charge in [-0.25, -0.2) is 16.8 Å². The molecule has 3 unspecified atom stereocenters. The van der Waals surface area contributed by atoms with Crippen LogP contribution in [0, 0.1) is 12.8 Å². The molecule has 0 spiro atoms. The first kappa shape index (κ1) is 25.8. The van der Waals surface area contributed by atoms with Gasteiger partial charge in [-0.2, -0.15) is 8.61 Å². The molecule has 194 valence electrons. The van der Waals surface area contributed by atoms with E-state index >= 15 is 0 Å². The van der Waals surface area contributed by atoms with Crippen molar-refractivity contribution in [1.82, 2.24) is 8.61 Å². The van der Waals surface area contributed by atoms with Crippen LogP contribution in [0.5, 0.6) is 0 Å². The molecule has 2 saturated heterocycles. The number of carbonyl (C=O) groups is 1. The van der Waals surface area contributed by atoms with Crippen LogP contribution in [0.15, 0.2) is 89.8 Å². The van der Waals surface area contributed by atoms with Gasteiger partial charge in [0.05, 0.1) is 23.2 Å². The molecule has 0 aliphatic carbocycles. The second-order valence-corrected chi connectivity index (χ2v) is 13.7. The molecule has 0 saturated carbocycles. The minimum absolute atomic E-state index is 0.0100. The maximum absolute atomic E-state index is 14.2. The highest BCUT2D eigenvalue weighted by Crippen LogP contribution is 2.47. The number of aryl methyl sites for hydroxylation is 1. The molecule has 0 radical (unpaired) electrons. The monoisotopic (exact) mass is 538 g/mol. The highest BCUT2D eigenvalue weighted by Gasteiger charge is 2.53. The first-order chi connectivity index (χ1) is 17.6. The second kappa shape index (κ2) is 9.79. The number of piperidine rings is 2. The van der Waals surface area contributed by atoms with Crippen molar-refractivity contribution in [3.63, 3.8) is 0 Å². The van der Waals surface area contributed by atoms with Crippen LogP contribution in [0.1, 0.15) is 41.6 Å². The summed E-state index contributed by atoms with van der Waals surface area (Å²) in [6, 6.07) is 23.2. The Labute approximate surface area is 218 Å². The Morgan fingerprint density at radius 3 is 1.84 bits per heavy atom. The van der Waals surface area contributed by atoms with Gasteiger partial charge in [0.2, 0.25) is 20.0 Å². The lowest BCUT2D eigenvalue weighted by molar-refractivity contribution is -0.132. The standard InChI is InChI=1S/C28H30N2O5S2/c1-20-13-15-23(16-14-20)37(34,35)30-26(22-11-7-4-8-12-22)18-28(31)24-19-29(36(2,32)33)25(17-27(24)30)21-9-5-3-6-10-21/h3-16,24-27H,17-19H2,1-2H3/t24-,25?,26?,27?/m1/s1. The van der Waals surface area contributed by atoms with Crippen molar-refractivity contribution in [3.8, 4) is 0 Å². The van der Waals surface area contributed by atoms with E-state index in [1.165, 1.54) is 8.61 Å². The Hall–Kier alpha value is -2.85. The molecule has 3 aromatic carbocycles. The summed E-state index contributed by atoms with van der Waals surface area (Å²) in [5.41, 5.74) is 2.45. The van der Waals surface area contributed by atoms with Crippen molar-refractivity contribution in [2.45, 2.75) is 42.8 Å². The molecule has 7 nitrogen and oxygen atoms in total. The fraction of sp³-hybridized carbons (Fsp3) is 0.321. The Morgan fingerprint density at radius 1 is 0.757 bits per heavy atom. The third-order valence-corrected chi connectivity index (χ3v) is 10.7. The predicted octanol–water partition coefficient (Wildman–Crippen LogP) is 4.09. The fourth-order valence-corrected chi connectivity index (χ4v) is 8.62. The van der Waals surface area contributed by atoms with Crippen LogP contribution in [-0.2, 0) is 24.8 Å². The van der Waals surface area contributed by atoms with Crippen LogP contribution >= 0.6 is 0 Å². The van der Waals surface area contributed by atoms with Gasteiger partial charge in [0.15, 0.2) is 0 Å². The van der Waals surface area contributed by atoms with Crippen LogP contribution in [0.2, 0.25) is 0 Å². The Kier molecular flexibility index (Phi) is 6.83. The zero-order valence-corrected chi connectivity index (χ0v) is 22.4. The molecule has 3 aromatic rings. The van der Waals surface area contributed by atoms with Crippen molar-refractivity contribution in [1.29, 1.82) is 0 Å². The number of fused-ring (bicyclic) bond motifs is 1. The van der Waals surface area contributed by atoms with E-state index in [2.05, 4.69) is 0 Å². The molecule has 37 heavy (non-hydrogen) atoms. The summed E-state index contributed by atoms with van der Waals surface area (Å²) in [5, 5.41) is 0. The lowest BCUT2D eigenvalue weighted by atomic mass is 9.77. The summed E-state index contributed by atoms with van der Waals surface area (Å²) in [6.07, 6.45) is 1.32. The molecule has 0 aromatic heterocycles. The number of carbonyl (C=O) groups excluding carboxylic acids is 1. The lowest BCUT2D eigenvalue weighted by Gasteiger charge is -2.51. The van der Waals surface area contributed by atoms with Gasteiger partial charge in [-0.3, -0.25) is 4.79 Å². The Balaban J connectivity index is 1.66. The molecule has 2 heterocycles. The van der Waals surface area contributed by atoms with E-state index < -0.39 is 44.1 Å². The largest absolute Gasteiger partial charge is 0.299 e. The highest BCUT2D eigenvalue weighted by molar-refractivity contribution is 7.89.